The van der Waals surface area contributed by atoms with Gasteiger partial charge < -0.3 is 5.73 Å². The van der Waals surface area contributed by atoms with Gasteiger partial charge in [-0.3, -0.25) is 9.59 Å². The van der Waals surface area contributed by atoms with Crippen LogP contribution in [-0.2, 0) is 9.59 Å². The first-order chi connectivity index (χ1) is 12.1. The number of hydrogen-bond donors (Lipinski definition) is 1. The molecule has 3 nitrogen and oxygen atoms in total. The van der Waals surface area contributed by atoms with Crippen molar-refractivity contribution in [3.63, 3.8) is 0 Å². The fourth-order valence-corrected chi connectivity index (χ4v) is 3.44. The van der Waals surface area contributed by atoms with Crippen molar-refractivity contribution in [2.45, 2.75) is 123 Å². The Bertz CT molecular complexity index is 314. The van der Waals surface area contributed by atoms with Crippen LogP contribution in [0.15, 0.2) is 0 Å². The second kappa shape index (κ2) is 17.9. The zero-order valence-corrected chi connectivity index (χ0v) is 17.0. The quantitative estimate of drug-likeness (QED) is 0.218. The molecule has 0 saturated heterocycles. The van der Waals surface area contributed by atoms with Gasteiger partial charge in [0.15, 0.2) is 0 Å². The lowest BCUT2D eigenvalue weighted by atomic mass is 9.96. The summed E-state index contributed by atoms with van der Waals surface area (Å²) in [6, 6.07) is 0. The Morgan fingerprint density at radius 2 is 0.960 bits per heavy atom. The molecule has 0 aliphatic heterocycles. The molecule has 148 valence electrons. The summed E-state index contributed by atoms with van der Waals surface area (Å²) in [5, 5.41) is 0. The first-order valence-electron chi connectivity index (χ1n) is 10.9. The van der Waals surface area contributed by atoms with Gasteiger partial charge in [-0.15, -0.1) is 0 Å². The first kappa shape index (κ1) is 24.1. The monoisotopic (exact) mass is 353 g/mol. The van der Waals surface area contributed by atoms with Crippen molar-refractivity contribution in [2.75, 3.05) is 0 Å². The van der Waals surface area contributed by atoms with E-state index in [4.69, 9.17) is 5.73 Å². The van der Waals surface area contributed by atoms with Crippen LogP contribution in [0, 0.1) is 5.92 Å². The highest BCUT2D eigenvalue weighted by Gasteiger charge is 2.19. The molecular formula is C22H43NO2. The summed E-state index contributed by atoms with van der Waals surface area (Å²) in [6.07, 6.45) is 21.9. The van der Waals surface area contributed by atoms with E-state index >= 15 is 0 Å². The Kier molecular flexibility index (Phi) is 17.3. The first-order valence-corrected chi connectivity index (χ1v) is 10.9. The average Bonchev–Trinajstić information content (AvgIpc) is 2.57. The number of amides is 1. The summed E-state index contributed by atoms with van der Waals surface area (Å²) in [4.78, 5) is 22.4. The molecule has 0 radical (unpaired) electrons. The van der Waals surface area contributed by atoms with Crippen LogP contribution in [0.1, 0.15) is 123 Å². The van der Waals surface area contributed by atoms with E-state index in [-0.39, 0.29) is 5.78 Å². The van der Waals surface area contributed by atoms with Crippen LogP contribution in [-0.4, -0.2) is 11.7 Å². The molecule has 0 heterocycles. The number of carbonyl (C=O) groups excluding carboxylic acids is 2. The second-order valence-corrected chi connectivity index (χ2v) is 7.66. The number of Topliss-reactive ketones (excluding diaryl/α,β-unsaturated/α-hetero) is 1. The number of rotatable bonds is 19. The molecule has 1 unspecified atom stereocenters. The summed E-state index contributed by atoms with van der Waals surface area (Å²) < 4.78 is 0. The maximum atomic E-state index is 11.3. The van der Waals surface area contributed by atoms with Crippen molar-refractivity contribution >= 4 is 11.7 Å². The second-order valence-electron chi connectivity index (χ2n) is 7.66. The van der Waals surface area contributed by atoms with Gasteiger partial charge in [-0.1, -0.05) is 110 Å². The molecule has 2 N–H and O–H groups in total. The molecule has 0 saturated carbocycles. The Morgan fingerprint density at radius 1 is 0.640 bits per heavy atom. The fourth-order valence-electron chi connectivity index (χ4n) is 3.44. The van der Waals surface area contributed by atoms with Gasteiger partial charge >= 0.3 is 0 Å². The predicted octanol–water partition coefficient (Wildman–Crippen LogP) is 6.33. The minimum absolute atomic E-state index is 0.0894. The fraction of sp³-hybridized carbons (Fsp3) is 0.909. The molecule has 0 spiro atoms. The molecule has 0 aromatic heterocycles. The third-order valence-electron chi connectivity index (χ3n) is 5.18. The summed E-state index contributed by atoms with van der Waals surface area (Å²) in [5.74, 6) is -1.12. The minimum atomic E-state index is -0.563. The van der Waals surface area contributed by atoms with Crippen molar-refractivity contribution in [1.29, 1.82) is 0 Å². The minimum Gasteiger partial charge on any atom is -0.369 e. The molecule has 0 bridgehead atoms. The van der Waals surface area contributed by atoms with Crippen LogP contribution in [0.5, 0.6) is 0 Å². The van der Waals surface area contributed by atoms with Crippen LogP contribution in [0.3, 0.4) is 0 Å². The number of hydrogen-bond acceptors (Lipinski definition) is 2. The largest absolute Gasteiger partial charge is 0.369 e. The number of unbranched alkanes of at least 4 members (excludes halogenated alkanes) is 15. The van der Waals surface area contributed by atoms with Gasteiger partial charge in [-0.2, -0.15) is 0 Å². The summed E-state index contributed by atoms with van der Waals surface area (Å²) in [7, 11) is 0. The lowest BCUT2D eigenvalue weighted by Gasteiger charge is -2.09. The van der Waals surface area contributed by atoms with Crippen molar-refractivity contribution in [1.82, 2.24) is 0 Å². The maximum absolute atomic E-state index is 11.3. The number of primary amides is 1. The van der Waals surface area contributed by atoms with Crippen molar-refractivity contribution in [2.24, 2.45) is 11.7 Å². The number of carbonyl (C=O) groups is 2. The molecule has 0 aliphatic carbocycles. The topological polar surface area (TPSA) is 60.2 Å². The smallest absolute Gasteiger partial charge is 0.227 e. The zero-order valence-electron chi connectivity index (χ0n) is 17.0. The lowest BCUT2D eigenvalue weighted by Crippen LogP contribution is -2.28. The molecule has 0 aromatic rings. The zero-order chi connectivity index (χ0) is 18.8. The molecule has 25 heavy (non-hydrogen) atoms. The summed E-state index contributed by atoms with van der Waals surface area (Å²) in [5.41, 5.74) is 5.24. The Hall–Kier alpha value is -0.860. The van der Waals surface area contributed by atoms with Crippen LogP contribution in [0.2, 0.25) is 0 Å². The molecule has 3 heteroatoms. The van der Waals surface area contributed by atoms with Gasteiger partial charge in [-0.05, 0) is 13.3 Å². The van der Waals surface area contributed by atoms with Gasteiger partial charge in [0.25, 0.3) is 0 Å². The van der Waals surface area contributed by atoms with Crippen LogP contribution < -0.4 is 5.73 Å². The molecule has 1 amide bonds. The molecule has 0 fully saturated rings. The van der Waals surface area contributed by atoms with Crippen LogP contribution in [0.25, 0.3) is 0 Å². The van der Waals surface area contributed by atoms with Crippen molar-refractivity contribution in [3.8, 4) is 0 Å². The lowest BCUT2D eigenvalue weighted by molar-refractivity contribution is -0.131. The predicted molar refractivity (Wildman–Crippen MR) is 108 cm³/mol. The molecule has 0 aromatic carbocycles. The molecule has 1 atom stereocenters. The maximum Gasteiger partial charge on any atom is 0.227 e. The molecular weight excluding hydrogens is 310 g/mol. The van der Waals surface area contributed by atoms with E-state index in [1.165, 1.54) is 96.8 Å². The summed E-state index contributed by atoms with van der Waals surface area (Å²) in [6.45, 7) is 3.73. The van der Waals surface area contributed by atoms with Crippen molar-refractivity contribution in [3.05, 3.63) is 0 Å². The highest BCUT2D eigenvalue weighted by atomic mass is 16.2. The third kappa shape index (κ3) is 16.4. The Labute approximate surface area is 156 Å². The SMILES string of the molecule is CCCCCCCCCCCCCCCCCCC(C(C)=O)C(N)=O. The number of nitrogens with two attached hydrogens (primary N) is 1. The van der Waals surface area contributed by atoms with Crippen LogP contribution >= 0.6 is 0 Å². The van der Waals surface area contributed by atoms with E-state index in [1.54, 1.807) is 0 Å². The van der Waals surface area contributed by atoms with Gasteiger partial charge in [0, 0.05) is 0 Å². The molecule has 0 rings (SSSR count). The van der Waals surface area contributed by atoms with Gasteiger partial charge in [-0.25, -0.2) is 0 Å². The average molecular weight is 354 g/mol. The normalized spacial score (nSPS) is 12.2. The Balaban J connectivity index is 3.21. The highest BCUT2D eigenvalue weighted by Crippen LogP contribution is 2.15. The van der Waals surface area contributed by atoms with Gasteiger partial charge in [0.2, 0.25) is 5.91 Å². The standard InChI is InChI=1S/C22H43NO2/c1-3-4-5-6-7-8-9-10-11-12-13-14-15-16-17-18-19-21(20(2)24)22(23)25/h21H,3-19H2,1-2H3,(H2,23,25). The van der Waals surface area contributed by atoms with E-state index in [0.29, 0.717) is 6.42 Å². The molecule has 0 aliphatic rings. The Morgan fingerprint density at radius 3 is 1.24 bits per heavy atom. The van der Waals surface area contributed by atoms with Gasteiger partial charge in [0.1, 0.15) is 5.78 Å². The van der Waals surface area contributed by atoms with E-state index < -0.39 is 11.8 Å². The van der Waals surface area contributed by atoms with E-state index in [2.05, 4.69) is 6.92 Å². The third-order valence-corrected chi connectivity index (χ3v) is 5.18. The number of ketones is 1. The van der Waals surface area contributed by atoms with Gasteiger partial charge in [0.05, 0.1) is 5.92 Å². The van der Waals surface area contributed by atoms with Crippen molar-refractivity contribution < 1.29 is 9.59 Å². The van der Waals surface area contributed by atoms with E-state index in [1.807, 2.05) is 0 Å². The van der Waals surface area contributed by atoms with E-state index in [9.17, 15) is 9.59 Å². The van der Waals surface area contributed by atoms with Crippen LogP contribution in [0.4, 0.5) is 0 Å². The van der Waals surface area contributed by atoms with E-state index in [0.717, 1.165) is 12.8 Å². The summed E-state index contributed by atoms with van der Waals surface area (Å²) >= 11 is 0. The highest BCUT2D eigenvalue weighted by molar-refractivity contribution is 5.99.